The van der Waals surface area contributed by atoms with Gasteiger partial charge in [0.15, 0.2) is 5.17 Å². The smallest absolute Gasteiger partial charge is 0.325 e. The van der Waals surface area contributed by atoms with Crippen LogP contribution in [0.1, 0.15) is 17.7 Å². The highest BCUT2D eigenvalue weighted by Crippen LogP contribution is 2.33. The van der Waals surface area contributed by atoms with Gasteiger partial charge in [-0.25, -0.2) is 0 Å². The van der Waals surface area contributed by atoms with Crippen molar-refractivity contribution in [3.8, 4) is 0 Å². The molecule has 1 heterocycles. The fourth-order valence-corrected chi connectivity index (χ4v) is 2.69. The van der Waals surface area contributed by atoms with E-state index in [0.29, 0.717) is 11.9 Å². The number of hydrogen-bond acceptors (Lipinski definition) is 5. The van der Waals surface area contributed by atoms with Crippen LogP contribution >= 0.6 is 11.8 Å². The molecule has 1 unspecified atom stereocenters. The fraction of sp³-hybridized carbons (Fsp3) is 0.385. The average molecular weight is 264 g/mol. The Kier molecular flexibility index (Phi) is 4.64. The molecule has 0 aromatic heterocycles. The topological polar surface area (TPSA) is 50.7 Å². The van der Waals surface area contributed by atoms with Gasteiger partial charge in [-0.2, -0.15) is 0 Å². The first-order chi connectivity index (χ1) is 8.79. The third-order valence-corrected chi connectivity index (χ3v) is 3.72. The predicted octanol–water partition coefficient (Wildman–Crippen LogP) is 1.98. The summed E-state index contributed by atoms with van der Waals surface area (Å²) in [4.78, 5) is 15.6. The van der Waals surface area contributed by atoms with E-state index >= 15 is 0 Å². The largest absolute Gasteiger partial charge is 0.465 e. The third-order valence-electron chi connectivity index (χ3n) is 2.52. The molecule has 5 heteroatoms. The molecule has 0 spiro atoms. The minimum Gasteiger partial charge on any atom is -0.465 e. The molecule has 2 rings (SSSR count). The van der Waals surface area contributed by atoms with Gasteiger partial charge in [0.25, 0.3) is 0 Å². The maximum absolute atomic E-state index is 11.2. The van der Waals surface area contributed by atoms with E-state index in [0.717, 1.165) is 11.7 Å². The van der Waals surface area contributed by atoms with Crippen molar-refractivity contribution < 1.29 is 9.53 Å². The van der Waals surface area contributed by atoms with Gasteiger partial charge in [0.2, 0.25) is 0 Å². The van der Waals surface area contributed by atoms with Crippen LogP contribution in [0, 0.1) is 0 Å². The van der Waals surface area contributed by atoms with Crippen molar-refractivity contribution in [3.05, 3.63) is 35.9 Å². The van der Waals surface area contributed by atoms with E-state index < -0.39 is 0 Å². The summed E-state index contributed by atoms with van der Waals surface area (Å²) in [6, 6.07) is 10.3. The molecule has 18 heavy (non-hydrogen) atoms. The van der Waals surface area contributed by atoms with Gasteiger partial charge in [-0.05, 0) is 12.5 Å². The van der Waals surface area contributed by atoms with Crippen LogP contribution in [0.5, 0.6) is 0 Å². The number of esters is 1. The van der Waals surface area contributed by atoms with Gasteiger partial charge in [-0.15, -0.1) is 0 Å². The minimum atomic E-state index is -0.246. The molecule has 0 amide bonds. The Morgan fingerprint density at radius 1 is 1.50 bits per heavy atom. The van der Waals surface area contributed by atoms with E-state index in [1.807, 2.05) is 18.2 Å². The first-order valence-electron chi connectivity index (χ1n) is 5.95. The molecule has 0 aliphatic carbocycles. The number of thioether (sulfide) groups is 1. The van der Waals surface area contributed by atoms with E-state index in [9.17, 15) is 4.79 Å². The lowest BCUT2D eigenvalue weighted by Gasteiger charge is -2.09. The lowest BCUT2D eigenvalue weighted by Crippen LogP contribution is -2.28. The Balaban J connectivity index is 1.80. The van der Waals surface area contributed by atoms with Gasteiger partial charge in [0.05, 0.1) is 18.4 Å². The molecule has 0 saturated carbocycles. The first kappa shape index (κ1) is 13.0. The molecule has 4 nitrogen and oxygen atoms in total. The quantitative estimate of drug-likeness (QED) is 0.845. The summed E-state index contributed by atoms with van der Waals surface area (Å²) in [5.41, 5.74) is 1.26. The Morgan fingerprint density at radius 2 is 2.28 bits per heavy atom. The van der Waals surface area contributed by atoms with Crippen LogP contribution in [-0.2, 0) is 9.53 Å². The maximum atomic E-state index is 11.2. The predicted molar refractivity (Wildman–Crippen MR) is 73.7 cm³/mol. The van der Waals surface area contributed by atoms with Gasteiger partial charge >= 0.3 is 5.97 Å². The molecule has 0 fully saturated rings. The lowest BCUT2D eigenvalue weighted by atomic mass is 10.1. The average Bonchev–Trinajstić information content (AvgIpc) is 2.87. The zero-order valence-electron chi connectivity index (χ0n) is 10.3. The second-order valence-electron chi connectivity index (χ2n) is 3.82. The molecule has 1 aromatic carbocycles. The third kappa shape index (κ3) is 3.50. The molecule has 1 aromatic rings. The van der Waals surface area contributed by atoms with Crippen molar-refractivity contribution in [2.45, 2.75) is 12.2 Å². The van der Waals surface area contributed by atoms with Crippen molar-refractivity contribution in [1.82, 2.24) is 5.32 Å². The normalized spacial score (nSPS) is 18.3. The molecule has 1 N–H and O–H groups in total. The highest BCUT2D eigenvalue weighted by molar-refractivity contribution is 8.14. The van der Waals surface area contributed by atoms with Crippen LogP contribution < -0.4 is 5.32 Å². The summed E-state index contributed by atoms with van der Waals surface area (Å²) in [5, 5.41) is 4.16. The zero-order chi connectivity index (χ0) is 12.8. The second-order valence-corrected chi connectivity index (χ2v) is 5.01. The monoisotopic (exact) mass is 264 g/mol. The molecule has 1 aliphatic rings. The van der Waals surface area contributed by atoms with Crippen LogP contribution in [0.15, 0.2) is 35.3 Å². The van der Waals surface area contributed by atoms with Gasteiger partial charge in [0, 0.05) is 0 Å². The van der Waals surface area contributed by atoms with E-state index in [-0.39, 0.29) is 12.5 Å². The molecule has 0 saturated heterocycles. The maximum Gasteiger partial charge on any atom is 0.325 e. The summed E-state index contributed by atoms with van der Waals surface area (Å²) in [6.07, 6.45) is 0. The second kappa shape index (κ2) is 6.44. The van der Waals surface area contributed by atoms with E-state index in [2.05, 4.69) is 22.4 Å². The lowest BCUT2D eigenvalue weighted by molar-refractivity contribution is -0.141. The van der Waals surface area contributed by atoms with E-state index in [1.54, 1.807) is 18.7 Å². The summed E-state index contributed by atoms with van der Waals surface area (Å²) in [7, 11) is 0. The fourth-order valence-electron chi connectivity index (χ4n) is 1.67. The summed E-state index contributed by atoms with van der Waals surface area (Å²) >= 11 is 1.65. The number of rotatable bonds is 4. The van der Waals surface area contributed by atoms with E-state index in [1.165, 1.54) is 5.56 Å². The molecule has 1 atom stereocenters. The van der Waals surface area contributed by atoms with Gasteiger partial charge < -0.3 is 10.1 Å². The molecule has 1 aliphatic heterocycles. The van der Waals surface area contributed by atoms with Crippen LogP contribution in [-0.4, -0.2) is 30.8 Å². The van der Waals surface area contributed by atoms with Crippen LogP contribution in [0.4, 0.5) is 0 Å². The molecule has 96 valence electrons. The number of hydrogen-bond donors (Lipinski definition) is 1. The molecular weight excluding hydrogens is 248 g/mol. The summed E-state index contributed by atoms with van der Waals surface area (Å²) in [5.74, 6) is -0.246. The summed E-state index contributed by atoms with van der Waals surface area (Å²) < 4.78 is 4.85. The summed E-state index contributed by atoms with van der Waals surface area (Å²) in [6.45, 7) is 3.14. The number of nitrogens with zero attached hydrogens (tertiary/aromatic N) is 1. The Hall–Kier alpha value is -1.49. The van der Waals surface area contributed by atoms with Crippen LogP contribution in [0.2, 0.25) is 0 Å². The number of benzene rings is 1. The minimum absolute atomic E-state index is 0.182. The standard InChI is InChI=1S/C13H16N2O2S/c1-2-17-12(16)9-15-13-14-8-11(18-13)10-6-4-3-5-7-10/h3-7,11H,2,8-9H2,1H3,(H,14,15). The molecular formula is C13H16N2O2S. The number of amidine groups is 1. The zero-order valence-corrected chi connectivity index (χ0v) is 11.1. The van der Waals surface area contributed by atoms with E-state index in [4.69, 9.17) is 4.74 Å². The molecule has 0 radical (unpaired) electrons. The SMILES string of the molecule is CCOC(=O)CNC1=NCC(c2ccccc2)S1. The van der Waals surface area contributed by atoms with Crippen molar-refractivity contribution in [1.29, 1.82) is 0 Å². The van der Waals surface area contributed by atoms with Crippen molar-refractivity contribution in [2.24, 2.45) is 4.99 Å². The van der Waals surface area contributed by atoms with Crippen molar-refractivity contribution >= 4 is 22.9 Å². The van der Waals surface area contributed by atoms with Gasteiger partial charge in [-0.3, -0.25) is 9.79 Å². The number of carbonyl (C=O) groups excluding carboxylic acids is 1. The first-order valence-corrected chi connectivity index (χ1v) is 6.83. The Labute approximate surface area is 111 Å². The highest BCUT2D eigenvalue weighted by atomic mass is 32.2. The van der Waals surface area contributed by atoms with Crippen LogP contribution in [0.3, 0.4) is 0 Å². The highest BCUT2D eigenvalue weighted by Gasteiger charge is 2.21. The van der Waals surface area contributed by atoms with Gasteiger partial charge in [0.1, 0.15) is 6.54 Å². The van der Waals surface area contributed by atoms with Crippen LogP contribution in [0.25, 0.3) is 0 Å². The van der Waals surface area contributed by atoms with Crippen molar-refractivity contribution in [2.75, 3.05) is 19.7 Å². The number of carbonyl (C=O) groups is 1. The van der Waals surface area contributed by atoms with Crippen molar-refractivity contribution in [3.63, 3.8) is 0 Å². The van der Waals surface area contributed by atoms with Gasteiger partial charge in [-0.1, -0.05) is 42.1 Å². The number of aliphatic imine (C=N–C) groups is 1. The Morgan fingerprint density at radius 3 is 3.00 bits per heavy atom. The number of ether oxygens (including phenoxy) is 1. The molecule has 0 bridgehead atoms. The Bertz CT molecular complexity index is 434. The number of nitrogens with one attached hydrogen (secondary N) is 1.